The highest BCUT2D eigenvalue weighted by Gasteiger charge is 2.26. The molecule has 0 aromatic rings. The molecule has 10 heteroatoms. The van der Waals surface area contributed by atoms with Gasteiger partial charge in [0, 0.05) is 19.4 Å². The summed E-state index contributed by atoms with van der Waals surface area (Å²) in [5.41, 5.74) is 5.42. The first-order valence-corrected chi connectivity index (χ1v) is 43.5. The molecule has 0 bridgehead atoms. The fourth-order valence-electron chi connectivity index (χ4n) is 13.5. The number of ether oxygens (including phenoxy) is 2. The molecule has 550 valence electrons. The molecule has 0 saturated carbocycles. The minimum absolute atomic E-state index is 0.0590. The predicted molar refractivity (Wildman–Crippen MR) is 400 cm³/mol. The summed E-state index contributed by atoms with van der Waals surface area (Å²) in [7, 11) is -4.39. The molecule has 0 aromatic carbocycles. The highest BCUT2D eigenvalue weighted by Crippen LogP contribution is 2.43. The van der Waals surface area contributed by atoms with Crippen LogP contribution < -0.4 is 5.73 Å². The average Bonchev–Trinajstić information content (AvgIpc) is 2.98. The Labute approximate surface area is 575 Å². The van der Waals surface area contributed by atoms with Crippen molar-refractivity contribution in [3.63, 3.8) is 0 Å². The molecule has 3 N–H and O–H groups in total. The Balaban J connectivity index is 3.69. The smallest absolute Gasteiger partial charge is 0.462 e. The van der Waals surface area contributed by atoms with E-state index in [0.717, 1.165) is 32.1 Å². The molecule has 0 aliphatic heterocycles. The molecule has 0 aromatic heterocycles. The van der Waals surface area contributed by atoms with Gasteiger partial charge < -0.3 is 20.1 Å². The third-order valence-corrected chi connectivity index (χ3v) is 20.7. The van der Waals surface area contributed by atoms with Crippen LogP contribution in [0.25, 0.3) is 0 Å². The number of esters is 2. The van der Waals surface area contributed by atoms with Gasteiger partial charge in [-0.1, -0.05) is 457 Å². The Bertz CT molecular complexity index is 1470. The van der Waals surface area contributed by atoms with E-state index < -0.39 is 26.5 Å². The summed E-state index contributed by atoms with van der Waals surface area (Å²) in [6.07, 6.45) is 97.1. The monoisotopic (exact) mass is 1320 g/mol. The lowest BCUT2D eigenvalue weighted by atomic mass is 10.0. The molecule has 9 nitrogen and oxygen atoms in total. The zero-order valence-corrected chi connectivity index (χ0v) is 63.2. The maximum atomic E-state index is 12.8. The Morgan fingerprint density at radius 1 is 0.283 bits per heavy atom. The molecule has 0 heterocycles. The molecule has 0 spiro atoms. The second-order valence-corrected chi connectivity index (χ2v) is 30.5. The zero-order valence-electron chi connectivity index (χ0n) is 62.4. The number of unbranched alkanes of at least 4 members (excludes halogenated alkanes) is 69. The van der Waals surface area contributed by atoms with Crippen molar-refractivity contribution in [1.82, 2.24) is 0 Å². The third-order valence-electron chi connectivity index (χ3n) is 19.7. The summed E-state index contributed by atoms with van der Waals surface area (Å²) in [6, 6.07) is 0. The van der Waals surface area contributed by atoms with E-state index in [9.17, 15) is 19.0 Å². The van der Waals surface area contributed by atoms with Crippen molar-refractivity contribution in [2.75, 3.05) is 26.4 Å². The van der Waals surface area contributed by atoms with E-state index in [4.69, 9.17) is 24.3 Å². The number of carbonyl (C=O) groups excluding carboxylic acids is 2. The first-order valence-electron chi connectivity index (χ1n) is 42.0. The number of hydrogen-bond acceptors (Lipinski definition) is 8. The zero-order chi connectivity index (χ0) is 66.5. The molecular weight excluding hydrogens is 1160 g/mol. The van der Waals surface area contributed by atoms with Gasteiger partial charge in [-0.25, -0.2) is 4.57 Å². The molecule has 0 radical (unpaired) electrons. The van der Waals surface area contributed by atoms with Crippen LogP contribution in [0.5, 0.6) is 0 Å². The van der Waals surface area contributed by atoms with Crippen LogP contribution in [-0.4, -0.2) is 49.3 Å². The van der Waals surface area contributed by atoms with E-state index in [2.05, 4.69) is 13.8 Å². The van der Waals surface area contributed by atoms with Crippen molar-refractivity contribution in [2.45, 2.75) is 489 Å². The summed E-state index contributed by atoms with van der Waals surface area (Å²) < 4.78 is 33.3. The lowest BCUT2D eigenvalue weighted by Gasteiger charge is -2.19. The standard InChI is InChI=1S/C82H164NO8P/c1-3-5-7-9-11-13-15-17-19-21-23-25-27-29-31-33-35-36-37-38-39-40-41-42-43-44-45-47-49-51-53-55-57-59-61-63-65-67-69-71-73-75-82(85)91-80(79-90-92(86,87)89-77-76-83)78-88-81(84)74-72-70-68-66-64-62-60-58-56-54-52-50-48-46-34-32-30-28-26-24-22-20-18-16-14-12-10-8-6-4-2/h80H,3-79,83H2,1-2H3,(H,86,87). The largest absolute Gasteiger partial charge is 0.472 e. The van der Waals surface area contributed by atoms with Gasteiger partial charge in [0.25, 0.3) is 0 Å². The van der Waals surface area contributed by atoms with E-state index in [-0.39, 0.29) is 32.1 Å². The van der Waals surface area contributed by atoms with Crippen LogP contribution in [0.15, 0.2) is 0 Å². The topological polar surface area (TPSA) is 134 Å². The van der Waals surface area contributed by atoms with Gasteiger partial charge in [-0.3, -0.25) is 18.6 Å². The number of phosphoric acid groups is 1. The number of rotatable bonds is 82. The third kappa shape index (κ3) is 78.0. The molecule has 92 heavy (non-hydrogen) atoms. The predicted octanol–water partition coefficient (Wildman–Crippen LogP) is 28.1. The van der Waals surface area contributed by atoms with Crippen molar-refractivity contribution in [3.8, 4) is 0 Å². The highest BCUT2D eigenvalue weighted by atomic mass is 31.2. The van der Waals surface area contributed by atoms with Crippen LogP contribution in [0.3, 0.4) is 0 Å². The first kappa shape index (κ1) is 91.0. The molecule has 0 aliphatic rings. The highest BCUT2D eigenvalue weighted by molar-refractivity contribution is 7.47. The number of hydrogen-bond donors (Lipinski definition) is 2. The average molecular weight is 1320 g/mol. The number of phosphoric ester groups is 1. The lowest BCUT2D eigenvalue weighted by molar-refractivity contribution is -0.161. The van der Waals surface area contributed by atoms with E-state index in [1.54, 1.807) is 0 Å². The van der Waals surface area contributed by atoms with Crippen molar-refractivity contribution in [2.24, 2.45) is 5.73 Å². The van der Waals surface area contributed by atoms with Crippen LogP contribution in [0.2, 0.25) is 0 Å². The van der Waals surface area contributed by atoms with Crippen LogP contribution in [0.4, 0.5) is 0 Å². The summed E-state index contributed by atoms with van der Waals surface area (Å²) in [4.78, 5) is 35.5. The molecular formula is C82H164NO8P. The van der Waals surface area contributed by atoms with Crippen molar-refractivity contribution in [1.29, 1.82) is 0 Å². The van der Waals surface area contributed by atoms with Gasteiger partial charge in [0.15, 0.2) is 6.10 Å². The Kier molecular flexibility index (Phi) is 78.2. The minimum atomic E-state index is -4.39. The van der Waals surface area contributed by atoms with Crippen LogP contribution >= 0.6 is 7.82 Å². The maximum absolute atomic E-state index is 12.8. The second-order valence-electron chi connectivity index (χ2n) is 29.1. The van der Waals surface area contributed by atoms with Gasteiger partial charge in [0.05, 0.1) is 13.2 Å². The maximum Gasteiger partial charge on any atom is 0.472 e. The molecule has 0 amide bonds. The number of nitrogens with two attached hydrogens (primary N) is 1. The Hall–Kier alpha value is -0.990. The summed E-state index contributed by atoms with van der Waals surface area (Å²) in [5, 5.41) is 0. The first-order chi connectivity index (χ1) is 45.3. The molecule has 0 fully saturated rings. The molecule has 0 saturated heterocycles. The summed E-state index contributed by atoms with van der Waals surface area (Å²) in [5.74, 6) is -0.793. The summed E-state index contributed by atoms with van der Waals surface area (Å²) >= 11 is 0. The van der Waals surface area contributed by atoms with Gasteiger partial charge >= 0.3 is 19.8 Å². The summed E-state index contributed by atoms with van der Waals surface area (Å²) in [6.45, 7) is 3.86. The van der Waals surface area contributed by atoms with E-state index in [1.807, 2.05) is 0 Å². The van der Waals surface area contributed by atoms with Gasteiger partial charge in [0.1, 0.15) is 6.61 Å². The quantitative estimate of drug-likeness (QED) is 0.0347. The molecule has 2 unspecified atom stereocenters. The fourth-order valence-corrected chi connectivity index (χ4v) is 14.3. The SMILES string of the molecule is CCCCCCCCCCCCCCCCCCCCCCCCCCCCCCCCCCCCCCCCCCCC(=O)OC(COC(=O)CCCCCCCCCCCCCCCCCCCCCCCCCCCCCCCC)COP(=O)(O)OCCN. The van der Waals surface area contributed by atoms with Crippen molar-refractivity contribution in [3.05, 3.63) is 0 Å². The fraction of sp³-hybridized carbons (Fsp3) is 0.976. The van der Waals surface area contributed by atoms with Gasteiger partial charge in [-0.05, 0) is 12.8 Å². The normalized spacial score (nSPS) is 12.7. The minimum Gasteiger partial charge on any atom is -0.462 e. The number of carbonyl (C=O) groups is 2. The second kappa shape index (κ2) is 79.0. The molecule has 2 atom stereocenters. The molecule has 0 aliphatic carbocycles. The van der Waals surface area contributed by atoms with Gasteiger partial charge in [-0.15, -0.1) is 0 Å². The Morgan fingerprint density at radius 3 is 0.663 bits per heavy atom. The van der Waals surface area contributed by atoms with Gasteiger partial charge in [-0.2, -0.15) is 0 Å². The lowest BCUT2D eigenvalue weighted by Crippen LogP contribution is -2.29. The van der Waals surface area contributed by atoms with Crippen LogP contribution in [0.1, 0.15) is 483 Å². The van der Waals surface area contributed by atoms with Crippen LogP contribution in [0, 0.1) is 0 Å². The van der Waals surface area contributed by atoms with E-state index >= 15 is 0 Å². The van der Waals surface area contributed by atoms with Crippen molar-refractivity contribution >= 4 is 19.8 Å². The van der Waals surface area contributed by atoms with Crippen LogP contribution in [-0.2, 0) is 32.7 Å². The van der Waals surface area contributed by atoms with E-state index in [1.165, 1.54) is 417 Å². The van der Waals surface area contributed by atoms with E-state index in [0.29, 0.717) is 12.8 Å². The Morgan fingerprint density at radius 2 is 0.467 bits per heavy atom. The molecule has 0 rings (SSSR count). The van der Waals surface area contributed by atoms with Crippen molar-refractivity contribution < 1.29 is 37.6 Å². The van der Waals surface area contributed by atoms with Gasteiger partial charge in [0.2, 0.25) is 0 Å².